The predicted molar refractivity (Wildman–Crippen MR) is 118 cm³/mol. The van der Waals surface area contributed by atoms with E-state index in [1.807, 2.05) is 54.6 Å². The molecule has 0 saturated carbocycles. The van der Waals surface area contributed by atoms with Crippen LogP contribution in [0.1, 0.15) is 42.5 Å². The molecule has 1 heterocycles. The summed E-state index contributed by atoms with van der Waals surface area (Å²) < 4.78 is -0.491. The molecule has 0 bridgehead atoms. The molecule has 146 valence electrons. The van der Waals surface area contributed by atoms with Crippen LogP contribution in [0, 0.1) is 0 Å². The fraction of sp³-hybridized carbons (Fsp3) is 0.500. The van der Waals surface area contributed by atoms with E-state index in [0.29, 0.717) is 12.8 Å². The molecule has 1 aliphatic heterocycles. The number of ketones is 1. The lowest BCUT2D eigenvalue weighted by molar-refractivity contribution is 0.0490. The van der Waals surface area contributed by atoms with E-state index in [2.05, 4.69) is 43.8 Å². The van der Waals surface area contributed by atoms with Crippen molar-refractivity contribution in [2.24, 2.45) is 0 Å². The van der Waals surface area contributed by atoms with Crippen molar-refractivity contribution in [1.29, 1.82) is 0 Å². The molecule has 0 radical (unpaired) electrons. The molecule has 5 heteroatoms. The first-order valence-corrected chi connectivity index (χ1v) is 11.3. The molecule has 5 unspecified atom stereocenters. The molecular formula is C22H27Br2NO2. The van der Waals surface area contributed by atoms with Crippen LogP contribution in [0.3, 0.4) is 0 Å². The zero-order valence-electron chi connectivity index (χ0n) is 15.6. The number of aliphatic hydroxyl groups is 1. The fourth-order valence-corrected chi connectivity index (χ4v) is 5.24. The Bertz CT molecular complexity index is 706. The van der Waals surface area contributed by atoms with Crippen molar-refractivity contribution in [3.8, 4) is 0 Å². The standard InChI is InChI=1S/C22H27Br2NO2/c1-25-17(14-19(26)16-8-3-2-4-9-16)10-7-11-18(25)15-21(27)22(24)13-6-5-12-20(22)23/h2-6,8-9,12-13,17-18,20-21,27H,7,10-11,14-15H2,1H3. The van der Waals surface area contributed by atoms with E-state index in [4.69, 9.17) is 0 Å². The van der Waals surface area contributed by atoms with Gasteiger partial charge in [0.2, 0.25) is 0 Å². The van der Waals surface area contributed by atoms with E-state index in [0.717, 1.165) is 24.8 Å². The lowest BCUT2D eigenvalue weighted by atomic mass is 9.85. The van der Waals surface area contributed by atoms with Gasteiger partial charge in [-0.05, 0) is 26.3 Å². The molecular weight excluding hydrogens is 470 g/mol. The zero-order valence-corrected chi connectivity index (χ0v) is 18.8. The molecule has 1 saturated heterocycles. The van der Waals surface area contributed by atoms with Crippen LogP contribution in [0.4, 0.5) is 0 Å². The van der Waals surface area contributed by atoms with Crippen molar-refractivity contribution >= 4 is 37.6 Å². The number of allylic oxidation sites excluding steroid dienone is 3. The van der Waals surface area contributed by atoms with E-state index in [1.165, 1.54) is 0 Å². The maximum Gasteiger partial charge on any atom is 0.164 e. The van der Waals surface area contributed by atoms with Crippen LogP contribution in [0.25, 0.3) is 0 Å². The monoisotopic (exact) mass is 495 g/mol. The van der Waals surface area contributed by atoms with Crippen molar-refractivity contribution in [2.75, 3.05) is 7.05 Å². The van der Waals surface area contributed by atoms with Gasteiger partial charge >= 0.3 is 0 Å². The molecule has 0 aromatic heterocycles. The lowest BCUT2D eigenvalue weighted by Gasteiger charge is -2.43. The van der Waals surface area contributed by atoms with Gasteiger partial charge in [-0.15, -0.1) is 0 Å². The number of hydrogen-bond acceptors (Lipinski definition) is 3. The van der Waals surface area contributed by atoms with Crippen molar-refractivity contribution in [3.05, 3.63) is 60.2 Å². The Labute approximate surface area is 178 Å². The van der Waals surface area contributed by atoms with Crippen molar-refractivity contribution in [1.82, 2.24) is 4.90 Å². The van der Waals surface area contributed by atoms with Gasteiger partial charge in [-0.1, -0.05) is 92.9 Å². The van der Waals surface area contributed by atoms with Gasteiger partial charge in [-0.25, -0.2) is 0 Å². The second-order valence-electron chi connectivity index (χ2n) is 7.62. The molecule has 0 spiro atoms. The summed E-state index contributed by atoms with van der Waals surface area (Å²) in [5, 5.41) is 11.0. The third-order valence-electron chi connectivity index (χ3n) is 5.91. The van der Waals surface area contributed by atoms with Crippen molar-refractivity contribution < 1.29 is 9.90 Å². The van der Waals surface area contributed by atoms with Gasteiger partial charge in [0.05, 0.1) is 15.3 Å². The molecule has 1 N–H and O–H groups in total. The Morgan fingerprint density at radius 3 is 2.67 bits per heavy atom. The average Bonchev–Trinajstić information content (AvgIpc) is 2.68. The molecule has 3 nitrogen and oxygen atoms in total. The number of rotatable bonds is 6. The summed E-state index contributed by atoms with van der Waals surface area (Å²) in [7, 11) is 2.10. The highest BCUT2D eigenvalue weighted by Crippen LogP contribution is 2.39. The van der Waals surface area contributed by atoms with Gasteiger partial charge in [0, 0.05) is 24.1 Å². The van der Waals surface area contributed by atoms with E-state index in [1.54, 1.807) is 0 Å². The molecule has 1 aromatic carbocycles. The number of hydrogen-bond donors (Lipinski definition) is 1. The highest BCUT2D eigenvalue weighted by Gasteiger charge is 2.41. The van der Waals surface area contributed by atoms with Crippen molar-refractivity contribution in [2.45, 2.75) is 59.4 Å². The molecule has 1 fully saturated rings. The first kappa shape index (κ1) is 21.0. The van der Waals surface area contributed by atoms with Gasteiger partial charge in [0.15, 0.2) is 5.78 Å². The number of Topliss-reactive ketones (excluding diaryl/α,β-unsaturated/α-hetero) is 1. The molecule has 0 amide bonds. The predicted octanol–water partition coefficient (Wildman–Crippen LogP) is 4.89. The van der Waals surface area contributed by atoms with E-state index < -0.39 is 10.4 Å². The van der Waals surface area contributed by atoms with Crippen LogP contribution in [0.5, 0.6) is 0 Å². The fourth-order valence-electron chi connectivity index (χ4n) is 4.12. The molecule has 1 aliphatic carbocycles. The van der Waals surface area contributed by atoms with Crippen LogP contribution in [-0.2, 0) is 0 Å². The van der Waals surface area contributed by atoms with Gasteiger partial charge in [0.1, 0.15) is 0 Å². The summed E-state index contributed by atoms with van der Waals surface area (Å²) in [6, 6.07) is 10.0. The number of nitrogens with zero attached hydrogens (tertiary/aromatic N) is 1. The second kappa shape index (κ2) is 9.17. The third kappa shape index (κ3) is 4.81. The number of likely N-dealkylation sites (tertiary alicyclic amines) is 1. The molecule has 2 aliphatic rings. The Morgan fingerprint density at radius 2 is 1.96 bits per heavy atom. The Kier molecular flexibility index (Phi) is 7.12. The quantitative estimate of drug-likeness (QED) is 0.450. The summed E-state index contributed by atoms with van der Waals surface area (Å²) in [6.07, 6.45) is 11.9. The Balaban J connectivity index is 1.63. The number of carbonyl (C=O) groups is 1. The number of alkyl halides is 2. The number of halogens is 2. The minimum Gasteiger partial charge on any atom is -0.391 e. The minimum atomic E-state index is -0.515. The zero-order chi connectivity index (χ0) is 19.4. The van der Waals surface area contributed by atoms with Crippen LogP contribution in [0.15, 0.2) is 54.6 Å². The third-order valence-corrected chi connectivity index (χ3v) is 8.88. The maximum atomic E-state index is 12.6. The Hall–Kier alpha value is -0.750. The number of aliphatic hydroxyl groups excluding tert-OH is 1. The molecule has 27 heavy (non-hydrogen) atoms. The minimum absolute atomic E-state index is 0.0503. The van der Waals surface area contributed by atoms with Crippen LogP contribution in [0.2, 0.25) is 0 Å². The number of piperidine rings is 1. The van der Waals surface area contributed by atoms with E-state index >= 15 is 0 Å². The summed E-state index contributed by atoms with van der Waals surface area (Å²) >= 11 is 7.41. The SMILES string of the molecule is CN1C(CC(=O)c2ccccc2)CCCC1CC(O)C1(Br)C=CC=CC1Br. The molecule has 3 rings (SSSR count). The first-order chi connectivity index (χ1) is 12.9. The molecule has 1 aromatic rings. The summed E-state index contributed by atoms with van der Waals surface area (Å²) in [6.45, 7) is 0. The number of carbonyl (C=O) groups excluding carboxylic acids is 1. The average molecular weight is 497 g/mol. The van der Waals surface area contributed by atoms with Crippen LogP contribution >= 0.6 is 31.9 Å². The van der Waals surface area contributed by atoms with Gasteiger partial charge < -0.3 is 5.11 Å². The Morgan fingerprint density at radius 1 is 1.26 bits per heavy atom. The van der Waals surface area contributed by atoms with Crippen LogP contribution < -0.4 is 0 Å². The largest absolute Gasteiger partial charge is 0.391 e. The summed E-state index contributed by atoms with van der Waals surface area (Å²) in [5.41, 5.74) is 0.786. The van der Waals surface area contributed by atoms with E-state index in [9.17, 15) is 9.90 Å². The van der Waals surface area contributed by atoms with E-state index in [-0.39, 0.29) is 22.7 Å². The molecule has 5 atom stereocenters. The normalized spacial score (nSPS) is 32.4. The van der Waals surface area contributed by atoms with Gasteiger partial charge in [-0.2, -0.15) is 0 Å². The highest BCUT2D eigenvalue weighted by atomic mass is 79.9. The summed E-state index contributed by atoms with van der Waals surface area (Å²) in [5.74, 6) is 0.200. The van der Waals surface area contributed by atoms with Crippen molar-refractivity contribution in [3.63, 3.8) is 0 Å². The van der Waals surface area contributed by atoms with Gasteiger partial charge in [0.25, 0.3) is 0 Å². The van der Waals surface area contributed by atoms with Crippen LogP contribution in [-0.4, -0.2) is 50.2 Å². The topological polar surface area (TPSA) is 40.5 Å². The maximum absolute atomic E-state index is 12.6. The summed E-state index contributed by atoms with van der Waals surface area (Å²) in [4.78, 5) is 15.0. The number of benzene rings is 1. The highest BCUT2D eigenvalue weighted by molar-refractivity contribution is 9.12. The first-order valence-electron chi connectivity index (χ1n) is 9.59. The lowest BCUT2D eigenvalue weighted by Crippen LogP contribution is -2.50. The van der Waals surface area contributed by atoms with Gasteiger partial charge in [-0.3, -0.25) is 9.69 Å². The smallest absolute Gasteiger partial charge is 0.164 e. The second-order valence-corrected chi connectivity index (χ2v) is 9.98.